The van der Waals surface area contributed by atoms with Gasteiger partial charge in [-0.2, -0.15) is 13.2 Å². The lowest BCUT2D eigenvalue weighted by Gasteiger charge is -2.15. The molecule has 1 saturated heterocycles. The van der Waals surface area contributed by atoms with Gasteiger partial charge >= 0.3 is 6.18 Å². The Balaban J connectivity index is 1.89. The normalized spacial score (nSPS) is 16.0. The Morgan fingerprint density at radius 2 is 1.78 bits per heavy atom. The summed E-state index contributed by atoms with van der Waals surface area (Å²) >= 11 is 0.670. The van der Waals surface area contributed by atoms with Crippen LogP contribution in [0.2, 0.25) is 0 Å². The maximum absolute atomic E-state index is 14.3. The van der Waals surface area contributed by atoms with E-state index in [0.29, 0.717) is 17.3 Å². The molecule has 9 heteroatoms. The van der Waals surface area contributed by atoms with Gasteiger partial charge in [0.2, 0.25) is 0 Å². The predicted molar refractivity (Wildman–Crippen MR) is 91.8 cm³/mol. The Bertz CT molecular complexity index is 970. The third-order valence-corrected chi connectivity index (χ3v) is 4.37. The van der Waals surface area contributed by atoms with Gasteiger partial charge in [-0.05, 0) is 54.6 Å². The largest absolute Gasteiger partial charge is 0.454 e. The van der Waals surface area contributed by atoms with Gasteiger partial charge < -0.3 is 4.74 Å². The number of aryl methyl sites for hydroxylation is 1. The number of halogens is 4. The summed E-state index contributed by atoms with van der Waals surface area (Å²) in [6.45, 7) is 1.50. The zero-order valence-electron chi connectivity index (χ0n) is 13.7. The second-order valence-corrected chi connectivity index (χ2v) is 6.66. The molecule has 0 radical (unpaired) electrons. The second-order valence-electron chi connectivity index (χ2n) is 5.64. The Hall–Kier alpha value is -2.81. The zero-order valence-corrected chi connectivity index (χ0v) is 14.5. The smallest absolute Gasteiger partial charge is 0.419 e. The van der Waals surface area contributed by atoms with Gasteiger partial charge in [0.05, 0.1) is 10.5 Å². The molecule has 2 aromatic rings. The highest BCUT2D eigenvalue weighted by Crippen LogP contribution is 2.39. The van der Waals surface area contributed by atoms with Crippen molar-refractivity contribution in [1.82, 2.24) is 5.32 Å². The first-order chi connectivity index (χ1) is 12.6. The highest BCUT2D eigenvalue weighted by atomic mass is 32.2. The van der Waals surface area contributed by atoms with Gasteiger partial charge in [-0.1, -0.05) is 17.7 Å². The fourth-order valence-corrected chi connectivity index (χ4v) is 3.02. The van der Waals surface area contributed by atoms with E-state index in [1.807, 2.05) is 0 Å². The summed E-state index contributed by atoms with van der Waals surface area (Å²) in [5, 5.41) is 1.53. The fraction of sp³-hybridized carbons (Fsp3) is 0.111. The first-order valence-electron chi connectivity index (χ1n) is 7.53. The molecule has 1 fully saturated rings. The summed E-state index contributed by atoms with van der Waals surface area (Å²) in [4.78, 5) is 22.7. The average Bonchev–Trinajstić information content (AvgIpc) is 2.88. The van der Waals surface area contributed by atoms with Gasteiger partial charge in [0, 0.05) is 0 Å². The quantitative estimate of drug-likeness (QED) is 0.566. The molecule has 0 unspecified atom stereocenters. The summed E-state index contributed by atoms with van der Waals surface area (Å²) in [5.74, 6) is -2.42. The molecule has 0 bridgehead atoms. The molecule has 1 N–H and O–H groups in total. The van der Waals surface area contributed by atoms with E-state index in [9.17, 15) is 27.2 Å². The minimum Gasteiger partial charge on any atom is -0.454 e. The van der Waals surface area contributed by atoms with Gasteiger partial charge in [0.1, 0.15) is 5.75 Å². The SMILES string of the molecule is Cc1ccc(Oc2ccc(/C=C3\SC(=O)NC3=O)cc2F)c(C(F)(F)F)c1. The van der Waals surface area contributed by atoms with Crippen LogP contribution < -0.4 is 10.1 Å². The molecular weight excluding hydrogens is 386 g/mol. The van der Waals surface area contributed by atoms with E-state index in [1.54, 1.807) is 0 Å². The standard InChI is InChI=1S/C18H11F4NO3S/c1-9-2-4-13(11(6-9)18(20,21)22)26-14-5-3-10(7-12(14)19)8-15-16(24)23-17(25)27-15/h2-8H,1H3,(H,23,24,25)/b15-8-. The molecule has 3 rings (SSSR count). The maximum atomic E-state index is 14.3. The summed E-state index contributed by atoms with van der Waals surface area (Å²) in [6.07, 6.45) is -3.35. The topological polar surface area (TPSA) is 55.4 Å². The van der Waals surface area contributed by atoms with Crippen molar-refractivity contribution in [3.8, 4) is 11.5 Å². The highest BCUT2D eigenvalue weighted by molar-refractivity contribution is 8.18. The number of alkyl halides is 3. The Kier molecular flexibility index (Phi) is 4.97. The van der Waals surface area contributed by atoms with Crippen LogP contribution in [0.15, 0.2) is 41.3 Å². The fourth-order valence-electron chi connectivity index (χ4n) is 2.33. The van der Waals surface area contributed by atoms with Gasteiger partial charge in [-0.3, -0.25) is 14.9 Å². The second kappa shape index (κ2) is 7.07. The Morgan fingerprint density at radius 1 is 1.07 bits per heavy atom. The monoisotopic (exact) mass is 397 g/mol. The highest BCUT2D eigenvalue weighted by Gasteiger charge is 2.35. The van der Waals surface area contributed by atoms with Crippen molar-refractivity contribution in [2.24, 2.45) is 0 Å². The molecule has 2 amide bonds. The number of hydrogen-bond donors (Lipinski definition) is 1. The van der Waals surface area contributed by atoms with Crippen molar-refractivity contribution in [3.05, 3.63) is 63.8 Å². The van der Waals surface area contributed by atoms with Crippen LogP contribution >= 0.6 is 11.8 Å². The maximum Gasteiger partial charge on any atom is 0.419 e. The van der Waals surface area contributed by atoms with E-state index in [0.717, 1.165) is 24.3 Å². The Labute approximate surface area is 155 Å². The number of thioether (sulfide) groups is 1. The van der Waals surface area contributed by atoms with Gasteiger partial charge in [-0.25, -0.2) is 4.39 Å². The first-order valence-corrected chi connectivity index (χ1v) is 8.35. The van der Waals surface area contributed by atoms with Crippen molar-refractivity contribution in [2.45, 2.75) is 13.1 Å². The molecule has 1 aliphatic heterocycles. The summed E-state index contributed by atoms with van der Waals surface area (Å²) in [6, 6.07) is 6.98. The lowest BCUT2D eigenvalue weighted by atomic mass is 10.1. The number of carbonyl (C=O) groups excluding carboxylic acids is 2. The molecule has 1 heterocycles. The molecule has 0 spiro atoms. The molecule has 0 aromatic heterocycles. The van der Waals surface area contributed by atoms with E-state index in [4.69, 9.17) is 4.74 Å². The number of rotatable bonds is 3. The van der Waals surface area contributed by atoms with Gasteiger partial charge in [0.25, 0.3) is 11.1 Å². The molecular formula is C18H11F4NO3S. The molecule has 0 atom stereocenters. The molecule has 1 aliphatic rings. The lowest BCUT2D eigenvalue weighted by molar-refractivity contribution is -0.138. The molecule has 4 nitrogen and oxygen atoms in total. The molecule has 0 saturated carbocycles. The van der Waals surface area contributed by atoms with Gasteiger partial charge in [0.15, 0.2) is 11.6 Å². The number of carbonyl (C=O) groups is 2. The first kappa shape index (κ1) is 19.0. The lowest BCUT2D eigenvalue weighted by Crippen LogP contribution is -2.17. The van der Waals surface area contributed by atoms with E-state index in [2.05, 4.69) is 5.32 Å². The van der Waals surface area contributed by atoms with E-state index < -0.39 is 40.2 Å². The molecule has 2 aromatic carbocycles. The van der Waals surface area contributed by atoms with Crippen molar-refractivity contribution < 1.29 is 31.9 Å². The number of hydrogen-bond acceptors (Lipinski definition) is 4. The van der Waals surface area contributed by atoms with Crippen LogP contribution in [0.5, 0.6) is 11.5 Å². The van der Waals surface area contributed by atoms with Crippen molar-refractivity contribution in [3.63, 3.8) is 0 Å². The third kappa shape index (κ3) is 4.30. The summed E-state index contributed by atoms with van der Waals surface area (Å²) < 4.78 is 58.8. The number of benzene rings is 2. The van der Waals surface area contributed by atoms with Crippen molar-refractivity contribution in [1.29, 1.82) is 0 Å². The number of ether oxygens (including phenoxy) is 1. The minimum atomic E-state index is -4.65. The molecule has 27 heavy (non-hydrogen) atoms. The van der Waals surface area contributed by atoms with Gasteiger partial charge in [-0.15, -0.1) is 0 Å². The zero-order chi connectivity index (χ0) is 19.8. The minimum absolute atomic E-state index is 0.0889. The van der Waals surface area contributed by atoms with Crippen LogP contribution in [0.25, 0.3) is 6.08 Å². The summed E-state index contributed by atoms with van der Waals surface area (Å²) in [7, 11) is 0. The average molecular weight is 397 g/mol. The number of imide groups is 1. The van der Waals surface area contributed by atoms with Crippen LogP contribution in [0.1, 0.15) is 16.7 Å². The molecule has 140 valence electrons. The van der Waals surface area contributed by atoms with E-state index in [-0.39, 0.29) is 10.5 Å². The van der Waals surface area contributed by atoms with Crippen LogP contribution in [0.3, 0.4) is 0 Å². The third-order valence-electron chi connectivity index (χ3n) is 3.56. The van der Waals surface area contributed by atoms with Crippen molar-refractivity contribution in [2.75, 3.05) is 0 Å². The van der Waals surface area contributed by atoms with Crippen LogP contribution in [0.4, 0.5) is 22.4 Å². The van der Waals surface area contributed by atoms with Crippen LogP contribution in [0, 0.1) is 12.7 Å². The van der Waals surface area contributed by atoms with Crippen LogP contribution in [-0.2, 0) is 11.0 Å². The number of amides is 2. The van der Waals surface area contributed by atoms with E-state index >= 15 is 0 Å². The summed E-state index contributed by atoms with van der Waals surface area (Å²) in [5.41, 5.74) is -0.364. The van der Waals surface area contributed by atoms with Crippen LogP contribution in [-0.4, -0.2) is 11.1 Å². The number of nitrogens with one attached hydrogen (secondary N) is 1. The predicted octanol–water partition coefficient (Wildman–Crippen LogP) is 5.27. The Morgan fingerprint density at radius 3 is 2.37 bits per heavy atom. The van der Waals surface area contributed by atoms with Crippen molar-refractivity contribution >= 4 is 29.0 Å². The van der Waals surface area contributed by atoms with E-state index in [1.165, 1.54) is 25.1 Å². The molecule has 0 aliphatic carbocycles.